The predicted molar refractivity (Wildman–Crippen MR) is 109 cm³/mol. The Morgan fingerprint density at radius 1 is 0.778 bits per heavy atom. The van der Waals surface area contributed by atoms with Crippen molar-refractivity contribution in [2.45, 2.75) is 76.0 Å². The van der Waals surface area contributed by atoms with Crippen molar-refractivity contribution in [2.24, 2.45) is 0 Å². The summed E-state index contributed by atoms with van der Waals surface area (Å²) in [7, 11) is -3.85. The Bertz CT molecular complexity index is 988. The lowest BCUT2D eigenvalue weighted by Crippen LogP contribution is -2.26. The first-order chi connectivity index (χ1) is 12.1. The van der Waals surface area contributed by atoms with Crippen molar-refractivity contribution < 1.29 is 18.6 Å². The van der Waals surface area contributed by atoms with Crippen molar-refractivity contribution in [3.05, 3.63) is 46.5 Å². The van der Waals surface area contributed by atoms with E-state index in [2.05, 4.69) is 0 Å². The van der Waals surface area contributed by atoms with Crippen LogP contribution in [0.5, 0.6) is 11.5 Å². The Balaban J connectivity index is 3.04. The van der Waals surface area contributed by atoms with Crippen LogP contribution in [0.3, 0.4) is 0 Å². The molecule has 0 aliphatic rings. The van der Waals surface area contributed by atoms with Gasteiger partial charge in [-0.15, -0.1) is 0 Å². The summed E-state index contributed by atoms with van der Waals surface area (Å²) in [6.45, 7) is 15.2. The smallest absolute Gasteiger partial charge is 0.207 e. The maximum atomic E-state index is 13.7. The normalized spacial score (nSPS) is 13.0. The van der Waals surface area contributed by atoms with Gasteiger partial charge in [-0.2, -0.15) is 0 Å². The first kappa shape index (κ1) is 21.3. The van der Waals surface area contributed by atoms with Crippen molar-refractivity contribution in [3.63, 3.8) is 0 Å². The molecule has 0 heterocycles. The van der Waals surface area contributed by atoms with E-state index in [-0.39, 0.29) is 21.3 Å². The first-order valence-corrected chi connectivity index (χ1v) is 10.5. The van der Waals surface area contributed by atoms with Crippen LogP contribution in [0, 0.1) is 13.8 Å². The molecule has 2 aromatic rings. The molecule has 0 radical (unpaired) electrons. The molecule has 0 bridgehead atoms. The van der Waals surface area contributed by atoms with Crippen molar-refractivity contribution in [1.82, 2.24) is 0 Å². The molecule has 0 saturated heterocycles. The third-order valence-corrected chi connectivity index (χ3v) is 6.76. The largest absolute Gasteiger partial charge is 0.508 e. The van der Waals surface area contributed by atoms with Crippen LogP contribution in [0.25, 0.3) is 0 Å². The summed E-state index contributed by atoms with van der Waals surface area (Å²) in [5, 5.41) is 20.4. The van der Waals surface area contributed by atoms with Crippen LogP contribution in [0.4, 0.5) is 0 Å². The summed E-state index contributed by atoms with van der Waals surface area (Å²) in [5.41, 5.74) is 1.35. The summed E-state index contributed by atoms with van der Waals surface area (Å²) in [6.07, 6.45) is 0. The van der Waals surface area contributed by atoms with E-state index in [1.54, 1.807) is 19.9 Å². The number of hydrogen-bond acceptors (Lipinski definition) is 4. The van der Waals surface area contributed by atoms with Gasteiger partial charge in [-0.3, -0.25) is 0 Å². The monoisotopic (exact) mass is 390 g/mol. The van der Waals surface area contributed by atoms with Crippen LogP contribution in [0.15, 0.2) is 34.1 Å². The fraction of sp³-hybridized carbons (Fsp3) is 0.455. The third-order valence-electron chi connectivity index (χ3n) is 4.66. The van der Waals surface area contributed by atoms with Gasteiger partial charge in [0, 0.05) is 5.56 Å². The lowest BCUT2D eigenvalue weighted by atomic mass is 9.74. The summed E-state index contributed by atoms with van der Waals surface area (Å²) in [5.74, 6) is 0.145. The van der Waals surface area contributed by atoms with Gasteiger partial charge >= 0.3 is 0 Å². The van der Waals surface area contributed by atoms with Gasteiger partial charge in [0.1, 0.15) is 11.5 Å². The fourth-order valence-electron chi connectivity index (χ4n) is 3.65. The Morgan fingerprint density at radius 3 is 1.74 bits per heavy atom. The lowest BCUT2D eigenvalue weighted by molar-refractivity contribution is 0.430. The molecule has 0 spiro atoms. The molecule has 2 rings (SSSR count). The number of aryl methyl sites for hydroxylation is 2. The van der Waals surface area contributed by atoms with E-state index in [1.807, 2.05) is 41.5 Å². The maximum Gasteiger partial charge on any atom is 0.207 e. The van der Waals surface area contributed by atoms with Gasteiger partial charge in [-0.25, -0.2) is 8.42 Å². The molecule has 148 valence electrons. The van der Waals surface area contributed by atoms with Crippen LogP contribution in [0.1, 0.15) is 63.8 Å². The van der Waals surface area contributed by atoms with Gasteiger partial charge in [-0.05, 0) is 65.6 Å². The second kappa shape index (κ2) is 6.55. The van der Waals surface area contributed by atoms with Gasteiger partial charge in [0.15, 0.2) is 0 Å². The quantitative estimate of drug-likeness (QED) is 0.744. The maximum absolute atomic E-state index is 13.7. The number of benzene rings is 2. The van der Waals surface area contributed by atoms with Crippen molar-refractivity contribution >= 4 is 9.84 Å². The van der Waals surface area contributed by atoms with Crippen LogP contribution in [-0.2, 0) is 20.7 Å². The predicted octanol–water partition coefficient (Wildman–Crippen LogP) is 5.14. The highest BCUT2D eigenvalue weighted by Crippen LogP contribution is 2.45. The lowest BCUT2D eigenvalue weighted by Gasteiger charge is -2.33. The van der Waals surface area contributed by atoms with Crippen molar-refractivity contribution in [3.8, 4) is 11.5 Å². The molecule has 4 nitrogen and oxygen atoms in total. The minimum Gasteiger partial charge on any atom is -0.508 e. The summed E-state index contributed by atoms with van der Waals surface area (Å²) >= 11 is 0. The zero-order valence-electron chi connectivity index (χ0n) is 17.4. The number of phenols is 2. The minimum atomic E-state index is -3.85. The van der Waals surface area contributed by atoms with E-state index >= 15 is 0 Å². The molecule has 2 N–H and O–H groups in total. The van der Waals surface area contributed by atoms with Crippen LogP contribution < -0.4 is 0 Å². The number of rotatable bonds is 2. The number of aromatic hydroxyl groups is 2. The van der Waals surface area contributed by atoms with Gasteiger partial charge < -0.3 is 10.2 Å². The van der Waals surface area contributed by atoms with Crippen molar-refractivity contribution in [1.29, 1.82) is 0 Å². The second-order valence-corrected chi connectivity index (χ2v) is 11.1. The third kappa shape index (κ3) is 3.84. The van der Waals surface area contributed by atoms with Gasteiger partial charge in [0.2, 0.25) is 9.84 Å². The molecule has 0 aliphatic heterocycles. The van der Waals surface area contributed by atoms with Gasteiger partial charge in [-0.1, -0.05) is 41.5 Å². The zero-order chi connectivity index (χ0) is 20.9. The molecule has 0 atom stereocenters. The van der Waals surface area contributed by atoms with E-state index < -0.39 is 20.7 Å². The Labute approximate surface area is 162 Å². The number of sulfone groups is 1. The van der Waals surface area contributed by atoms with Gasteiger partial charge in [0.25, 0.3) is 0 Å². The Kier molecular flexibility index (Phi) is 5.17. The molecular formula is C22H30O4S. The van der Waals surface area contributed by atoms with Crippen LogP contribution in [0.2, 0.25) is 0 Å². The summed E-state index contributed by atoms with van der Waals surface area (Å²) in [4.78, 5) is 0.408. The molecule has 0 saturated carbocycles. The molecule has 0 aliphatic carbocycles. The van der Waals surface area contributed by atoms with E-state index in [0.29, 0.717) is 22.3 Å². The first-order valence-electron chi connectivity index (χ1n) is 9.00. The summed E-state index contributed by atoms with van der Waals surface area (Å²) < 4.78 is 27.4. The van der Waals surface area contributed by atoms with Crippen LogP contribution in [-0.4, -0.2) is 18.6 Å². The number of phenolic OH excluding ortho intramolecular Hbond substituents is 2. The molecule has 27 heavy (non-hydrogen) atoms. The highest BCUT2D eigenvalue weighted by atomic mass is 32.2. The molecule has 0 unspecified atom stereocenters. The average Bonchev–Trinajstić information content (AvgIpc) is 2.42. The standard InChI is InChI=1S/C22H30O4S/c1-13-11-15(23)9-10-17(13)27(25,26)20-14(2)12-16(24)18(21(3,4)5)19(20)22(6,7)8/h9-12,23-24H,1-8H3. The Hall–Kier alpha value is -2.01. The van der Waals surface area contributed by atoms with Gasteiger partial charge in [0.05, 0.1) is 9.79 Å². The average molecular weight is 391 g/mol. The highest BCUT2D eigenvalue weighted by Gasteiger charge is 2.37. The molecule has 0 aromatic heterocycles. The molecule has 0 fully saturated rings. The minimum absolute atomic E-state index is 0.0281. The molecular weight excluding hydrogens is 360 g/mol. The fourth-order valence-corrected chi connectivity index (χ4v) is 5.76. The van der Waals surface area contributed by atoms with E-state index in [0.717, 1.165) is 0 Å². The molecule has 5 heteroatoms. The zero-order valence-corrected chi connectivity index (χ0v) is 18.2. The summed E-state index contributed by atoms with van der Waals surface area (Å²) in [6, 6.07) is 5.81. The molecule has 2 aromatic carbocycles. The second-order valence-electron chi connectivity index (χ2n) is 9.24. The topological polar surface area (TPSA) is 74.6 Å². The molecule has 0 amide bonds. The SMILES string of the molecule is Cc1cc(O)ccc1S(=O)(=O)c1c(C)cc(O)c(C(C)(C)C)c1C(C)(C)C. The number of hydrogen-bond donors (Lipinski definition) is 2. The van der Waals surface area contributed by atoms with E-state index in [9.17, 15) is 18.6 Å². The van der Waals surface area contributed by atoms with E-state index in [1.165, 1.54) is 18.2 Å². The van der Waals surface area contributed by atoms with Crippen LogP contribution >= 0.6 is 0 Å². The Morgan fingerprint density at radius 2 is 1.30 bits per heavy atom. The highest BCUT2D eigenvalue weighted by molar-refractivity contribution is 7.91. The van der Waals surface area contributed by atoms with Crippen molar-refractivity contribution in [2.75, 3.05) is 0 Å². The van der Waals surface area contributed by atoms with E-state index in [4.69, 9.17) is 0 Å².